The molecule has 0 amide bonds. The Labute approximate surface area is 137 Å². The van der Waals surface area contributed by atoms with Gasteiger partial charge in [-0.3, -0.25) is 0 Å². The third-order valence-electron chi connectivity index (χ3n) is 4.87. The second kappa shape index (κ2) is 5.69. The monoisotopic (exact) mass is 302 g/mol. The molecule has 0 bridgehead atoms. The van der Waals surface area contributed by atoms with Gasteiger partial charge in [-0.25, -0.2) is 4.98 Å². The van der Waals surface area contributed by atoms with Crippen LogP contribution in [0, 0.1) is 0 Å². The summed E-state index contributed by atoms with van der Waals surface area (Å²) in [7, 11) is 2.20. The molecule has 0 spiro atoms. The summed E-state index contributed by atoms with van der Waals surface area (Å²) < 4.78 is 2.38. The van der Waals surface area contributed by atoms with Crippen molar-refractivity contribution in [2.24, 2.45) is 7.05 Å². The summed E-state index contributed by atoms with van der Waals surface area (Å²) in [5.41, 5.74) is 6.30. The quantitative estimate of drug-likeness (QED) is 0.451. The molecule has 2 aromatic carbocycles. The lowest BCUT2D eigenvalue weighted by Crippen LogP contribution is -2.06. The first-order valence-electron chi connectivity index (χ1n) is 8.56. The second-order valence-electron chi connectivity index (χ2n) is 6.33. The van der Waals surface area contributed by atoms with Crippen LogP contribution in [-0.4, -0.2) is 9.55 Å². The lowest BCUT2D eigenvalue weighted by atomic mass is 9.98. The van der Waals surface area contributed by atoms with Gasteiger partial charge in [0.05, 0.1) is 16.7 Å². The Morgan fingerprint density at radius 1 is 0.913 bits per heavy atom. The van der Waals surface area contributed by atoms with E-state index in [-0.39, 0.29) is 0 Å². The molecule has 2 aliphatic rings. The molecule has 2 heteroatoms. The number of unbranched alkanes of at least 4 members (excludes halogenated alkanes) is 2. The van der Waals surface area contributed by atoms with Gasteiger partial charge in [0, 0.05) is 29.1 Å². The molecule has 116 valence electrons. The number of pyridine rings is 1. The highest BCUT2D eigenvalue weighted by molar-refractivity contribution is 6.07. The van der Waals surface area contributed by atoms with E-state index in [1.165, 1.54) is 46.8 Å². The van der Waals surface area contributed by atoms with Gasteiger partial charge in [-0.05, 0) is 25.0 Å². The van der Waals surface area contributed by atoms with Crippen LogP contribution in [0.25, 0.3) is 33.1 Å². The van der Waals surface area contributed by atoms with Crippen molar-refractivity contribution in [2.75, 3.05) is 0 Å². The fourth-order valence-electron chi connectivity index (χ4n) is 3.69. The zero-order valence-corrected chi connectivity index (χ0v) is 13.8. The molecule has 0 aromatic heterocycles. The summed E-state index contributed by atoms with van der Waals surface area (Å²) in [6.07, 6.45) is 4.87. The molecule has 0 fully saturated rings. The Morgan fingerprint density at radius 3 is 2.48 bits per heavy atom. The average molecular weight is 302 g/mol. The van der Waals surface area contributed by atoms with Crippen LogP contribution >= 0.6 is 0 Å². The molecule has 0 unspecified atom stereocenters. The first-order chi connectivity index (χ1) is 11.3. The highest BCUT2D eigenvalue weighted by Crippen LogP contribution is 2.39. The lowest BCUT2D eigenvalue weighted by molar-refractivity contribution is 0.688. The maximum atomic E-state index is 4.96. The van der Waals surface area contributed by atoms with Gasteiger partial charge in [-0.15, -0.1) is 0 Å². The SMILES string of the molecule is CCCCCc1c2c3ccccc3nc-2c2ccccc2n1C. The fourth-order valence-corrected chi connectivity index (χ4v) is 3.69. The predicted octanol–water partition coefficient (Wildman–Crippen LogP) is 5.56. The minimum atomic E-state index is 1.11. The molecule has 0 saturated heterocycles. The Kier molecular flexibility index (Phi) is 3.53. The van der Waals surface area contributed by atoms with Crippen LogP contribution in [0.2, 0.25) is 0 Å². The van der Waals surface area contributed by atoms with E-state index >= 15 is 0 Å². The molecular weight excluding hydrogens is 280 g/mol. The van der Waals surface area contributed by atoms with Crippen molar-refractivity contribution in [1.82, 2.24) is 9.55 Å². The normalized spacial score (nSPS) is 11.7. The van der Waals surface area contributed by atoms with Crippen molar-refractivity contribution in [3.8, 4) is 11.3 Å². The number of hydrogen-bond acceptors (Lipinski definition) is 1. The average Bonchev–Trinajstić information content (AvgIpc) is 2.98. The molecule has 2 heterocycles. The maximum absolute atomic E-state index is 4.96. The van der Waals surface area contributed by atoms with Gasteiger partial charge in [0.1, 0.15) is 0 Å². The van der Waals surface area contributed by atoms with E-state index in [2.05, 4.69) is 67.1 Å². The van der Waals surface area contributed by atoms with Crippen LogP contribution in [0.15, 0.2) is 48.5 Å². The van der Waals surface area contributed by atoms with Crippen molar-refractivity contribution in [3.63, 3.8) is 0 Å². The molecule has 4 rings (SSSR count). The zero-order chi connectivity index (χ0) is 15.8. The summed E-state index contributed by atoms with van der Waals surface area (Å²) in [5.74, 6) is 0. The highest BCUT2D eigenvalue weighted by Gasteiger charge is 2.21. The second-order valence-corrected chi connectivity index (χ2v) is 6.33. The predicted molar refractivity (Wildman–Crippen MR) is 98.1 cm³/mol. The molecule has 23 heavy (non-hydrogen) atoms. The van der Waals surface area contributed by atoms with E-state index in [1.54, 1.807) is 0 Å². The van der Waals surface area contributed by atoms with E-state index in [0.29, 0.717) is 0 Å². The van der Waals surface area contributed by atoms with E-state index in [4.69, 9.17) is 4.98 Å². The third kappa shape index (κ3) is 2.21. The number of fused-ring (bicyclic) bond motifs is 5. The number of aryl methyl sites for hydroxylation is 1. The van der Waals surface area contributed by atoms with Crippen molar-refractivity contribution in [1.29, 1.82) is 0 Å². The summed E-state index contributed by atoms with van der Waals surface area (Å²) in [5, 5.41) is 2.54. The third-order valence-corrected chi connectivity index (χ3v) is 4.87. The van der Waals surface area contributed by atoms with Crippen molar-refractivity contribution < 1.29 is 0 Å². The molecule has 2 aliphatic heterocycles. The van der Waals surface area contributed by atoms with Gasteiger partial charge >= 0.3 is 0 Å². The first-order valence-corrected chi connectivity index (χ1v) is 8.56. The number of para-hydroxylation sites is 2. The molecule has 0 aliphatic carbocycles. The Morgan fingerprint density at radius 2 is 1.65 bits per heavy atom. The van der Waals surface area contributed by atoms with Crippen molar-refractivity contribution >= 4 is 21.8 Å². The van der Waals surface area contributed by atoms with Crippen LogP contribution in [0.1, 0.15) is 31.9 Å². The van der Waals surface area contributed by atoms with E-state index in [9.17, 15) is 0 Å². The standard InChI is InChI=1S/C21H22N2/c1-3-4-5-14-19-20-15-10-6-8-12-17(15)22-21(20)16-11-7-9-13-18(16)23(19)2/h6-13H,3-5,14H2,1-2H3. The van der Waals surface area contributed by atoms with E-state index < -0.39 is 0 Å². The van der Waals surface area contributed by atoms with Gasteiger partial charge in [-0.1, -0.05) is 56.2 Å². The number of rotatable bonds is 4. The molecule has 2 nitrogen and oxygen atoms in total. The van der Waals surface area contributed by atoms with Crippen LogP contribution in [0.4, 0.5) is 0 Å². The summed E-state index contributed by atoms with van der Waals surface area (Å²) in [6.45, 7) is 2.26. The van der Waals surface area contributed by atoms with Crippen molar-refractivity contribution in [2.45, 2.75) is 32.6 Å². The van der Waals surface area contributed by atoms with E-state index in [1.807, 2.05) is 0 Å². The molecule has 0 atom stereocenters. The molecule has 0 saturated carbocycles. The van der Waals surface area contributed by atoms with Gasteiger partial charge in [0.15, 0.2) is 0 Å². The summed E-state index contributed by atoms with van der Waals surface area (Å²) >= 11 is 0. The molecular formula is C21H22N2. The number of hydrogen-bond donors (Lipinski definition) is 0. The first kappa shape index (κ1) is 14.3. The van der Waals surface area contributed by atoms with Gasteiger partial charge < -0.3 is 4.57 Å². The highest BCUT2D eigenvalue weighted by atomic mass is 15.0. The number of aromatic nitrogens is 2. The summed E-state index contributed by atoms with van der Waals surface area (Å²) in [6, 6.07) is 17.2. The maximum Gasteiger partial charge on any atom is 0.0827 e. The van der Waals surface area contributed by atoms with Crippen LogP contribution < -0.4 is 0 Å². The van der Waals surface area contributed by atoms with Crippen molar-refractivity contribution in [3.05, 3.63) is 54.2 Å². The smallest absolute Gasteiger partial charge is 0.0827 e. The minimum Gasteiger partial charge on any atom is -0.347 e. The molecule has 0 N–H and O–H groups in total. The number of benzene rings is 2. The Bertz CT molecular complexity index is 949. The summed E-state index contributed by atoms with van der Waals surface area (Å²) in [4.78, 5) is 4.96. The Hall–Kier alpha value is -2.35. The van der Waals surface area contributed by atoms with Crippen LogP contribution in [0.3, 0.4) is 0 Å². The minimum absolute atomic E-state index is 1.11. The van der Waals surface area contributed by atoms with Gasteiger partial charge in [-0.2, -0.15) is 0 Å². The lowest BCUT2D eigenvalue weighted by Gasteiger charge is -2.18. The van der Waals surface area contributed by atoms with Gasteiger partial charge in [0.2, 0.25) is 0 Å². The zero-order valence-electron chi connectivity index (χ0n) is 13.8. The Balaban J connectivity index is 2.08. The van der Waals surface area contributed by atoms with Crippen LogP contribution in [-0.2, 0) is 13.5 Å². The largest absolute Gasteiger partial charge is 0.347 e. The van der Waals surface area contributed by atoms with Crippen LogP contribution in [0.5, 0.6) is 0 Å². The van der Waals surface area contributed by atoms with E-state index in [0.717, 1.165) is 17.6 Å². The fraction of sp³-hybridized carbons (Fsp3) is 0.286. The molecule has 0 radical (unpaired) electrons. The molecule has 2 aromatic rings. The van der Waals surface area contributed by atoms with Gasteiger partial charge in [0.25, 0.3) is 0 Å². The topological polar surface area (TPSA) is 17.8 Å². The number of nitrogens with zero attached hydrogens (tertiary/aromatic N) is 2.